The summed E-state index contributed by atoms with van der Waals surface area (Å²) >= 11 is 0. The second-order valence-corrected chi connectivity index (χ2v) is 7.41. The van der Waals surface area contributed by atoms with Gasteiger partial charge in [-0.3, -0.25) is 4.79 Å². The molecule has 0 aromatic heterocycles. The van der Waals surface area contributed by atoms with Crippen molar-refractivity contribution in [1.82, 2.24) is 0 Å². The molecule has 21 heavy (non-hydrogen) atoms. The van der Waals surface area contributed by atoms with Crippen LogP contribution in [0.3, 0.4) is 0 Å². The Morgan fingerprint density at radius 2 is 1.86 bits per heavy atom. The number of ether oxygens (including phenoxy) is 1. The first kappa shape index (κ1) is 16.0. The molecule has 2 rings (SSSR count). The molecule has 0 saturated carbocycles. The molecule has 0 radical (unpaired) electrons. The Balaban J connectivity index is 2.23. The van der Waals surface area contributed by atoms with Gasteiger partial charge in [0.2, 0.25) is 0 Å². The highest BCUT2D eigenvalue weighted by Gasteiger charge is 2.50. The van der Waals surface area contributed by atoms with Gasteiger partial charge in [0.05, 0.1) is 17.1 Å². The highest BCUT2D eigenvalue weighted by molar-refractivity contribution is 5.71. The molecule has 3 nitrogen and oxygen atoms in total. The Labute approximate surface area is 127 Å². The van der Waals surface area contributed by atoms with Gasteiger partial charge >= 0.3 is 5.97 Å². The van der Waals surface area contributed by atoms with E-state index in [0.717, 1.165) is 12.0 Å². The van der Waals surface area contributed by atoms with Crippen molar-refractivity contribution in [3.63, 3.8) is 0 Å². The lowest BCUT2D eigenvalue weighted by Crippen LogP contribution is -2.37. The minimum atomic E-state index is -0.727. The maximum Gasteiger partial charge on any atom is 0.307 e. The summed E-state index contributed by atoms with van der Waals surface area (Å²) in [5, 5.41) is 9.70. The first-order chi connectivity index (χ1) is 9.61. The maximum absolute atomic E-state index is 11.8. The van der Waals surface area contributed by atoms with E-state index in [1.54, 1.807) is 0 Å². The summed E-state index contributed by atoms with van der Waals surface area (Å²) in [7, 11) is 0. The molecule has 116 valence electrons. The largest absolute Gasteiger partial charge is 0.481 e. The number of benzene rings is 1. The fourth-order valence-electron chi connectivity index (χ4n) is 3.61. The molecule has 3 heteroatoms. The van der Waals surface area contributed by atoms with Crippen molar-refractivity contribution in [2.24, 2.45) is 11.8 Å². The normalized spacial score (nSPS) is 24.7. The smallest absolute Gasteiger partial charge is 0.307 e. The van der Waals surface area contributed by atoms with Crippen LogP contribution in [-0.4, -0.2) is 22.3 Å². The van der Waals surface area contributed by atoms with E-state index in [9.17, 15) is 9.90 Å². The number of carbonyl (C=O) groups is 1. The summed E-state index contributed by atoms with van der Waals surface area (Å²) < 4.78 is 6.07. The van der Waals surface area contributed by atoms with E-state index in [4.69, 9.17) is 4.74 Å². The molecule has 1 saturated heterocycles. The van der Waals surface area contributed by atoms with Crippen molar-refractivity contribution in [2.45, 2.75) is 58.7 Å². The Morgan fingerprint density at radius 1 is 1.29 bits per heavy atom. The van der Waals surface area contributed by atoms with E-state index in [1.807, 2.05) is 58.9 Å². The van der Waals surface area contributed by atoms with E-state index in [0.29, 0.717) is 6.42 Å². The highest BCUT2D eigenvalue weighted by Crippen LogP contribution is 2.46. The summed E-state index contributed by atoms with van der Waals surface area (Å²) in [5.74, 6) is -1.12. The predicted octanol–water partition coefficient (Wildman–Crippen LogP) is 3.83. The average Bonchev–Trinajstić information content (AvgIpc) is 2.56. The van der Waals surface area contributed by atoms with Crippen LogP contribution in [0.4, 0.5) is 0 Å². The fraction of sp³-hybridized carbons (Fsp3) is 0.611. The molecule has 1 aromatic rings. The molecule has 2 unspecified atom stereocenters. The maximum atomic E-state index is 11.8. The number of carboxylic acid groups (broad SMARTS) is 1. The van der Waals surface area contributed by atoms with Crippen LogP contribution in [0.5, 0.6) is 0 Å². The van der Waals surface area contributed by atoms with Crippen molar-refractivity contribution >= 4 is 5.97 Å². The molecule has 1 aliphatic rings. The SMILES string of the molecule is Cc1ccc(CC(C(=O)O)C2CC(C)(C)OC2(C)C)cc1. The van der Waals surface area contributed by atoms with E-state index in [-0.39, 0.29) is 11.5 Å². The topological polar surface area (TPSA) is 46.5 Å². The van der Waals surface area contributed by atoms with Crippen LogP contribution in [0.15, 0.2) is 24.3 Å². The lowest BCUT2D eigenvalue weighted by atomic mass is 9.75. The molecule has 2 atom stereocenters. The van der Waals surface area contributed by atoms with Crippen LogP contribution in [0.25, 0.3) is 0 Å². The van der Waals surface area contributed by atoms with Gasteiger partial charge in [0.1, 0.15) is 0 Å². The molecule has 1 heterocycles. The lowest BCUT2D eigenvalue weighted by molar-refractivity contribution is -0.147. The van der Waals surface area contributed by atoms with Crippen LogP contribution in [0.2, 0.25) is 0 Å². The van der Waals surface area contributed by atoms with Crippen molar-refractivity contribution in [3.8, 4) is 0 Å². The minimum absolute atomic E-state index is 0.0197. The molecule has 0 spiro atoms. The van der Waals surface area contributed by atoms with Crippen LogP contribution in [0.1, 0.15) is 45.2 Å². The molecule has 1 aliphatic heterocycles. The van der Waals surface area contributed by atoms with Gasteiger partial charge < -0.3 is 9.84 Å². The number of carboxylic acids is 1. The van der Waals surface area contributed by atoms with E-state index < -0.39 is 17.5 Å². The van der Waals surface area contributed by atoms with E-state index >= 15 is 0 Å². The minimum Gasteiger partial charge on any atom is -0.481 e. The van der Waals surface area contributed by atoms with Crippen molar-refractivity contribution in [3.05, 3.63) is 35.4 Å². The van der Waals surface area contributed by atoms with Gasteiger partial charge in [-0.05, 0) is 53.0 Å². The zero-order valence-corrected chi connectivity index (χ0v) is 13.6. The fourth-order valence-corrected chi connectivity index (χ4v) is 3.61. The second kappa shape index (κ2) is 5.45. The average molecular weight is 290 g/mol. The summed E-state index contributed by atoms with van der Waals surface area (Å²) in [6.45, 7) is 10.1. The zero-order valence-electron chi connectivity index (χ0n) is 13.6. The lowest BCUT2D eigenvalue weighted by Gasteiger charge is -2.31. The number of hydrogen-bond acceptors (Lipinski definition) is 2. The van der Waals surface area contributed by atoms with Crippen molar-refractivity contribution < 1.29 is 14.6 Å². The molecule has 1 fully saturated rings. The van der Waals surface area contributed by atoms with Gasteiger partial charge in [-0.25, -0.2) is 0 Å². The number of aliphatic carboxylic acids is 1. The second-order valence-electron chi connectivity index (χ2n) is 7.41. The van der Waals surface area contributed by atoms with Gasteiger partial charge in [0, 0.05) is 5.92 Å². The molecule has 0 amide bonds. The highest BCUT2D eigenvalue weighted by atomic mass is 16.5. The van der Waals surface area contributed by atoms with Crippen LogP contribution < -0.4 is 0 Å². The first-order valence-corrected chi connectivity index (χ1v) is 7.59. The van der Waals surface area contributed by atoms with Crippen LogP contribution in [-0.2, 0) is 16.0 Å². The van der Waals surface area contributed by atoms with E-state index in [1.165, 1.54) is 5.56 Å². The quantitative estimate of drug-likeness (QED) is 0.916. The number of hydrogen-bond donors (Lipinski definition) is 1. The van der Waals surface area contributed by atoms with Gasteiger partial charge in [0.25, 0.3) is 0 Å². The molecular weight excluding hydrogens is 264 g/mol. The Bertz CT molecular complexity index is 514. The predicted molar refractivity (Wildman–Crippen MR) is 83.4 cm³/mol. The van der Waals surface area contributed by atoms with Crippen LogP contribution >= 0.6 is 0 Å². The van der Waals surface area contributed by atoms with Gasteiger partial charge in [0.15, 0.2) is 0 Å². The van der Waals surface area contributed by atoms with Crippen molar-refractivity contribution in [1.29, 1.82) is 0 Å². The summed E-state index contributed by atoms with van der Waals surface area (Å²) in [5.41, 5.74) is 1.61. The standard InChI is InChI=1S/C18H26O3/c1-12-6-8-13(9-7-12)10-14(16(19)20)15-11-17(2,3)21-18(15,4)5/h6-9,14-15H,10-11H2,1-5H3,(H,19,20). The number of aryl methyl sites for hydroxylation is 1. The van der Waals surface area contributed by atoms with Crippen LogP contribution in [0, 0.1) is 18.8 Å². The Hall–Kier alpha value is -1.35. The third-order valence-electron chi connectivity index (χ3n) is 4.52. The third kappa shape index (κ3) is 3.65. The summed E-state index contributed by atoms with van der Waals surface area (Å²) in [4.78, 5) is 11.8. The molecular formula is C18H26O3. The molecule has 1 aromatic carbocycles. The first-order valence-electron chi connectivity index (χ1n) is 7.59. The Morgan fingerprint density at radius 3 is 2.29 bits per heavy atom. The molecule has 1 N–H and O–H groups in total. The van der Waals surface area contributed by atoms with Gasteiger partial charge in [-0.1, -0.05) is 29.8 Å². The molecule has 0 bridgehead atoms. The molecule has 0 aliphatic carbocycles. The summed E-state index contributed by atoms with van der Waals surface area (Å²) in [6.07, 6.45) is 1.34. The number of rotatable bonds is 4. The van der Waals surface area contributed by atoms with Crippen molar-refractivity contribution in [2.75, 3.05) is 0 Å². The van der Waals surface area contributed by atoms with E-state index in [2.05, 4.69) is 0 Å². The summed E-state index contributed by atoms with van der Waals surface area (Å²) in [6, 6.07) is 8.13. The van der Waals surface area contributed by atoms with Gasteiger partial charge in [-0.15, -0.1) is 0 Å². The Kier molecular flexibility index (Phi) is 4.16. The third-order valence-corrected chi connectivity index (χ3v) is 4.52. The monoisotopic (exact) mass is 290 g/mol. The zero-order chi connectivity index (χ0) is 15.8. The van der Waals surface area contributed by atoms with Gasteiger partial charge in [-0.2, -0.15) is 0 Å².